The smallest absolute Gasteiger partial charge is 0.354 e. The number of fused-ring (bicyclic) bond motifs is 2. The van der Waals surface area contributed by atoms with E-state index in [9.17, 15) is 9.59 Å². The molecule has 5 aromatic rings. The summed E-state index contributed by atoms with van der Waals surface area (Å²) in [5.41, 5.74) is 5.33. The van der Waals surface area contributed by atoms with E-state index in [4.69, 9.17) is 10.2 Å². The molecular formula is C38H45N7O3. The fourth-order valence-corrected chi connectivity index (χ4v) is 6.23. The van der Waals surface area contributed by atoms with Crippen LogP contribution in [-0.4, -0.2) is 60.2 Å². The van der Waals surface area contributed by atoms with Crippen LogP contribution in [0.3, 0.4) is 0 Å². The molecule has 10 nitrogen and oxygen atoms in total. The number of hydrogen-bond donors (Lipinski definition) is 3. The van der Waals surface area contributed by atoms with Crippen LogP contribution in [0.2, 0.25) is 0 Å². The third-order valence-electron chi connectivity index (χ3n) is 8.73. The highest BCUT2D eigenvalue weighted by Crippen LogP contribution is 2.32. The molecule has 10 heteroatoms. The fraction of sp³-hybridized carbons (Fsp3) is 0.395. The molecular weight excluding hydrogens is 602 g/mol. The summed E-state index contributed by atoms with van der Waals surface area (Å²) in [6.45, 7) is 7.89. The molecule has 1 unspecified atom stereocenters. The zero-order valence-electron chi connectivity index (χ0n) is 28.3. The summed E-state index contributed by atoms with van der Waals surface area (Å²) in [6, 6.07) is 13.4. The van der Waals surface area contributed by atoms with Gasteiger partial charge in [0.15, 0.2) is 0 Å². The summed E-state index contributed by atoms with van der Waals surface area (Å²) >= 11 is 0. The molecule has 1 aromatic carbocycles. The second kappa shape index (κ2) is 16.2. The molecule has 0 bridgehead atoms. The number of aryl methyl sites for hydroxylation is 2. The Kier molecular flexibility index (Phi) is 11.6. The van der Waals surface area contributed by atoms with E-state index in [2.05, 4.69) is 50.1 Å². The van der Waals surface area contributed by atoms with Gasteiger partial charge in [-0.2, -0.15) is 5.10 Å². The molecule has 1 fully saturated rings. The molecule has 1 aliphatic heterocycles. The first-order valence-electron chi connectivity index (χ1n) is 17.0. The third kappa shape index (κ3) is 8.28. The van der Waals surface area contributed by atoms with Crippen molar-refractivity contribution < 1.29 is 14.7 Å². The number of aromatic nitrogens is 5. The van der Waals surface area contributed by atoms with Crippen molar-refractivity contribution >= 4 is 39.5 Å². The molecule has 3 N–H and O–H groups in total. The summed E-state index contributed by atoms with van der Waals surface area (Å²) in [5, 5.41) is 18.9. The lowest BCUT2D eigenvalue weighted by atomic mass is 10.1. The largest absolute Gasteiger partial charge is 0.477 e. The van der Waals surface area contributed by atoms with E-state index in [-0.39, 0.29) is 11.6 Å². The van der Waals surface area contributed by atoms with Gasteiger partial charge >= 0.3 is 5.97 Å². The molecule has 1 saturated heterocycles. The Labute approximate surface area is 282 Å². The van der Waals surface area contributed by atoms with Crippen molar-refractivity contribution in [2.75, 3.05) is 18.9 Å². The Morgan fingerprint density at radius 2 is 1.85 bits per heavy atom. The van der Waals surface area contributed by atoms with Crippen LogP contribution in [0.1, 0.15) is 109 Å². The van der Waals surface area contributed by atoms with Gasteiger partial charge in [-0.1, -0.05) is 51.0 Å². The predicted molar refractivity (Wildman–Crippen MR) is 190 cm³/mol. The molecule has 1 aliphatic rings. The van der Waals surface area contributed by atoms with Crippen LogP contribution in [0, 0.1) is 18.8 Å². The number of pyridine rings is 2. The average molecular weight is 648 g/mol. The van der Waals surface area contributed by atoms with E-state index < -0.39 is 5.97 Å². The van der Waals surface area contributed by atoms with E-state index in [0.717, 1.165) is 85.5 Å². The summed E-state index contributed by atoms with van der Waals surface area (Å²) in [6.07, 6.45) is 11.6. The Balaban J connectivity index is 0.00000221. The van der Waals surface area contributed by atoms with Crippen molar-refractivity contribution in [2.45, 2.75) is 84.7 Å². The van der Waals surface area contributed by atoms with Gasteiger partial charge in [0, 0.05) is 65.1 Å². The van der Waals surface area contributed by atoms with Crippen LogP contribution in [0.4, 0.5) is 5.82 Å². The topological polar surface area (TPSA) is 129 Å². The fourth-order valence-electron chi connectivity index (χ4n) is 6.23. The molecule has 1 amide bonds. The van der Waals surface area contributed by atoms with E-state index in [1.165, 1.54) is 24.4 Å². The van der Waals surface area contributed by atoms with Gasteiger partial charge < -0.3 is 15.4 Å². The number of amides is 1. The third-order valence-corrected chi connectivity index (χ3v) is 8.73. The summed E-state index contributed by atoms with van der Waals surface area (Å²) in [5.74, 6) is 5.43. The molecule has 6 rings (SSSR count). The average Bonchev–Trinajstić information content (AvgIpc) is 3.81. The van der Waals surface area contributed by atoms with Crippen molar-refractivity contribution in [3.8, 4) is 11.8 Å². The minimum atomic E-state index is -1.05. The molecule has 0 aliphatic carbocycles. The highest BCUT2D eigenvalue weighted by molar-refractivity contribution is 6.06. The van der Waals surface area contributed by atoms with Crippen molar-refractivity contribution in [3.63, 3.8) is 0 Å². The maximum Gasteiger partial charge on any atom is 0.354 e. The van der Waals surface area contributed by atoms with Gasteiger partial charge in [0.25, 0.3) is 5.91 Å². The number of nitrogens with zero attached hydrogens (tertiary/aromatic N) is 5. The molecule has 0 spiro atoms. The van der Waals surface area contributed by atoms with Gasteiger partial charge in [-0.05, 0) is 76.5 Å². The Bertz CT molecular complexity index is 1950. The quantitative estimate of drug-likeness (QED) is 0.0987. The number of hydrogen-bond acceptors (Lipinski definition) is 6. The Hall–Kier alpha value is -5.01. The van der Waals surface area contributed by atoms with Gasteiger partial charge in [0.1, 0.15) is 11.5 Å². The van der Waals surface area contributed by atoms with Crippen LogP contribution < -0.4 is 5.32 Å². The molecule has 48 heavy (non-hydrogen) atoms. The highest BCUT2D eigenvalue weighted by atomic mass is 16.4. The lowest BCUT2D eigenvalue weighted by Crippen LogP contribution is -2.17. The normalized spacial score (nSPS) is 14.4. The number of carboxylic acid groups (broad SMARTS) is 1. The minimum Gasteiger partial charge on any atom is -0.477 e. The standard InChI is InChI=1S/C36H39N7O3.C2H6/c1-24-28-14-13-26(35(44)40-34-22-29-27(23-38-34)20-30(39-29)32-12-10-17-42(32)2)21-33(28)43(41-24)18-9-7-5-3-4-6-8-11-25-15-16-37-31(19-25)36(45)46;1-2/h13-16,19-23,32,39H,3-7,9-10,12,17-18H2,1-2H3,(H,45,46)(H,38,40,44);1-2H3. The molecule has 4 aromatic heterocycles. The summed E-state index contributed by atoms with van der Waals surface area (Å²) in [7, 11) is 2.16. The summed E-state index contributed by atoms with van der Waals surface area (Å²) in [4.78, 5) is 38.5. The van der Waals surface area contributed by atoms with Crippen LogP contribution in [0.25, 0.3) is 21.8 Å². The number of carbonyl (C=O) groups is 2. The maximum absolute atomic E-state index is 13.3. The van der Waals surface area contributed by atoms with Gasteiger partial charge in [-0.25, -0.2) is 14.8 Å². The maximum atomic E-state index is 13.3. The minimum absolute atomic E-state index is 0.00952. The second-order valence-electron chi connectivity index (χ2n) is 12.1. The van der Waals surface area contributed by atoms with Crippen molar-refractivity contribution in [1.82, 2.24) is 29.6 Å². The van der Waals surface area contributed by atoms with Crippen LogP contribution in [0.5, 0.6) is 0 Å². The number of rotatable bonds is 11. The number of H-pyrrole nitrogens is 1. The number of aromatic carboxylic acids is 1. The van der Waals surface area contributed by atoms with E-state index in [0.29, 0.717) is 23.0 Å². The highest BCUT2D eigenvalue weighted by Gasteiger charge is 2.24. The Morgan fingerprint density at radius 3 is 2.65 bits per heavy atom. The number of carboxylic acids is 1. The van der Waals surface area contributed by atoms with Gasteiger partial charge in [0.2, 0.25) is 0 Å². The molecule has 250 valence electrons. The van der Waals surface area contributed by atoms with Gasteiger partial charge in [0.05, 0.1) is 16.7 Å². The monoisotopic (exact) mass is 647 g/mol. The van der Waals surface area contributed by atoms with E-state index in [1.54, 1.807) is 6.07 Å². The number of aromatic amines is 1. The van der Waals surface area contributed by atoms with E-state index in [1.807, 2.05) is 55.9 Å². The first kappa shape index (κ1) is 34.3. The number of unbranched alkanes of at least 4 members (excludes halogenated alkanes) is 5. The van der Waals surface area contributed by atoms with Crippen molar-refractivity contribution in [1.29, 1.82) is 0 Å². The molecule has 0 saturated carbocycles. The first-order chi connectivity index (χ1) is 23.4. The zero-order chi connectivity index (χ0) is 34.0. The van der Waals surface area contributed by atoms with Crippen molar-refractivity contribution in [2.24, 2.45) is 0 Å². The van der Waals surface area contributed by atoms with Crippen LogP contribution in [-0.2, 0) is 6.54 Å². The lowest BCUT2D eigenvalue weighted by molar-refractivity contribution is 0.0690. The first-order valence-corrected chi connectivity index (χ1v) is 17.0. The number of carbonyl (C=O) groups excluding carboxylic acids is 1. The molecule has 0 radical (unpaired) electrons. The molecule has 1 atom stereocenters. The predicted octanol–water partition coefficient (Wildman–Crippen LogP) is 7.75. The molecule has 5 heterocycles. The van der Waals surface area contributed by atoms with Gasteiger partial charge in [-0.15, -0.1) is 0 Å². The lowest BCUT2D eigenvalue weighted by Gasteiger charge is -2.17. The number of benzene rings is 1. The zero-order valence-corrected chi connectivity index (χ0v) is 28.3. The number of likely N-dealkylation sites (tertiary alicyclic amines) is 1. The van der Waals surface area contributed by atoms with Crippen LogP contribution in [0.15, 0.2) is 54.9 Å². The van der Waals surface area contributed by atoms with Crippen LogP contribution >= 0.6 is 0 Å². The SMILES string of the molecule is CC.Cc1nn(CCCCCCCC#Cc2ccnc(C(=O)O)c2)c2cc(C(=O)Nc3cc4[nH]c(C5CCCN5C)cc4cn3)ccc12. The summed E-state index contributed by atoms with van der Waals surface area (Å²) < 4.78 is 2.01. The Morgan fingerprint density at radius 1 is 1.04 bits per heavy atom. The van der Waals surface area contributed by atoms with Crippen molar-refractivity contribution in [3.05, 3.63) is 83.1 Å². The number of anilines is 1. The second-order valence-corrected chi connectivity index (χ2v) is 12.1. The van der Waals surface area contributed by atoms with Gasteiger partial charge in [-0.3, -0.25) is 14.4 Å². The van der Waals surface area contributed by atoms with E-state index >= 15 is 0 Å². The number of nitrogens with one attached hydrogen (secondary N) is 2.